The molecule has 0 spiro atoms. The molecule has 0 radical (unpaired) electrons. The van der Waals surface area contributed by atoms with Gasteiger partial charge in [-0.3, -0.25) is 14.4 Å². The lowest BCUT2D eigenvalue weighted by molar-refractivity contribution is -0.167. The van der Waals surface area contributed by atoms with Crippen LogP contribution in [0.1, 0.15) is 226 Å². The van der Waals surface area contributed by atoms with E-state index in [1.54, 1.807) is 0 Å². The van der Waals surface area contributed by atoms with Crippen LogP contribution < -0.4 is 0 Å². The molecule has 0 rings (SSSR count). The molecular weight excluding hydrogens is 612 g/mol. The van der Waals surface area contributed by atoms with Crippen molar-refractivity contribution in [2.75, 3.05) is 13.2 Å². The molecule has 0 saturated carbocycles. The molecule has 0 N–H and O–H groups in total. The molecule has 288 valence electrons. The Labute approximate surface area is 303 Å². The van der Waals surface area contributed by atoms with Crippen LogP contribution in [0.5, 0.6) is 0 Å². The molecule has 0 heterocycles. The smallest absolute Gasteiger partial charge is 0.306 e. The highest BCUT2D eigenvalue weighted by Gasteiger charge is 2.19. The van der Waals surface area contributed by atoms with Gasteiger partial charge in [0, 0.05) is 19.3 Å². The third kappa shape index (κ3) is 37.2. The summed E-state index contributed by atoms with van der Waals surface area (Å²) in [6, 6.07) is 0. The minimum atomic E-state index is -0.762. The lowest BCUT2D eigenvalue weighted by atomic mass is 10.1. The van der Waals surface area contributed by atoms with E-state index in [1.807, 2.05) is 0 Å². The van der Waals surface area contributed by atoms with Crippen molar-refractivity contribution in [1.82, 2.24) is 0 Å². The van der Waals surface area contributed by atoms with Crippen LogP contribution in [0.4, 0.5) is 0 Å². The van der Waals surface area contributed by atoms with Gasteiger partial charge in [-0.2, -0.15) is 0 Å². The monoisotopic (exact) mass is 693 g/mol. The van der Waals surface area contributed by atoms with Crippen molar-refractivity contribution in [2.45, 2.75) is 232 Å². The molecular formula is C43H80O6. The van der Waals surface area contributed by atoms with Gasteiger partial charge in [-0.15, -0.1) is 0 Å². The quantitative estimate of drug-likeness (QED) is 0.0277. The molecule has 0 fully saturated rings. The number of unbranched alkanes of at least 4 members (excludes halogenated alkanes) is 25. The molecule has 0 aliphatic carbocycles. The number of esters is 3. The van der Waals surface area contributed by atoms with Gasteiger partial charge in [0.25, 0.3) is 0 Å². The first-order chi connectivity index (χ1) is 24.0. The molecule has 0 aliphatic heterocycles. The molecule has 0 amide bonds. The second-order valence-corrected chi connectivity index (χ2v) is 14.3. The van der Waals surface area contributed by atoms with Gasteiger partial charge in [-0.05, 0) is 44.9 Å². The molecule has 0 saturated heterocycles. The minimum absolute atomic E-state index is 0.0695. The van der Waals surface area contributed by atoms with Crippen LogP contribution in [0.15, 0.2) is 12.2 Å². The van der Waals surface area contributed by atoms with E-state index in [0.29, 0.717) is 19.3 Å². The van der Waals surface area contributed by atoms with Crippen LogP contribution >= 0.6 is 0 Å². The molecule has 0 aromatic heterocycles. The van der Waals surface area contributed by atoms with Crippen molar-refractivity contribution in [3.63, 3.8) is 0 Å². The number of rotatable bonds is 38. The molecule has 6 nitrogen and oxygen atoms in total. The minimum Gasteiger partial charge on any atom is -0.462 e. The first-order valence-corrected chi connectivity index (χ1v) is 21.2. The Kier molecular flexibility index (Phi) is 37.5. The summed E-state index contributed by atoms with van der Waals surface area (Å²) < 4.78 is 16.6. The molecule has 0 bridgehead atoms. The maximum absolute atomic E-state index is 12.6. The summed E-state index contributed by atoms with van der Waals surface area (Å²) in [5.41, 5.74) is 0. The second-order valence-electron chi connectivity index (χ2n) is 14.3. The Hall–Kier alpha value is -1.85. The van der Waals surface area contributed by atoms with E-state index in [2.05, 4.69) is 32.9 Å². The van der Waals surface area contributed by atoms with Crippen molar-refractivity contribution in [3.05, 3.63) is 12.2 Å². The lowest BCUT2D eigenvalue weighted by Crippen LogP contribution is -2.30. The van der Waals surface area contributed by atoms with Crippen molar-refractivity contribution < 1.29 is 28.6 Å². The van der Waals surface area contributed by atoms with Gasteiger partial charge in [-0.1, -0.05) is 174 Å². The van der Waals surface area contributed by atoms with Crippen molar-refractivity contribution in [3.8, 4) is 0 Å². The third-order valence-corrected chi connectivity index (χ3v) is 9.27. The Morgan fingerprint density at radius 1 is 0.388 bits per heavy atom. The van der Waals surface area contributed by atoms with Crippen LogP contribution in [-0.4, -0.2) is 37.2 Å². The zero-order valence-corrected chi connectivity index (χ0v) is 32.7. The fourth-order valence-electron chi connectivity index (χ4n) is 6.02. The summed E-state index contributed by atoms with van der Waals surface area (Å²) in [6.07, 6.45) is 39.1. The average molecular weight is 693 g/mol. The summed E-state index contributed by atoms with van der Waals surface area (Å²) in [5, 5.41) is 0. The van der Waals surface area contributed by atoms with Crippen molar-refractivity contribution in [1.29, 1.82) is 0 Å². The third-order valence-electron chi connectivity index (χ3n) is 9.27. The predicted octanol–water partition coefficient (Wildman–Crippen LogP) is 13.1. The standard InChI is InChI=1S/C43H80O6/c1-4-7-10-13-16-19-20-21-22-23-25-27-30-33-36-42(45)48-39-40(38-47-41(44)35-32-29-26-18-15-12-9-6-3)49-43(46)37-34-31-28-24-17-14-11-8-5-2/h20-21,40H,4-19,22-39H2,1-3H3/b21-20-. The van der Waals surface area contributed by atoms with E-state index in [4.69, 9.17) is 14.2 Å². The Bertz CT molecular complexity index is 763. The second kappa shape index (κ2) is 38.9. The van der Waals surface area contributed by atoms with Gasteiger partial charge in [-0.25, -0.2) is 0 Å². The number of allylic oxidation sites excluding steroid dienone is 2. The van der Waals surface area contributed by atoms with Crippen molar-refractivity contribution >= 4 is 17.9 Å². The highest BCUT2D eigenvalue weighted by molar-refractivity contribution is 5.71. The van der Waals surface area contributed by atoms with Gasteiger partial charge >= 0.3 is 17.9 Å². The van der Waals surface area contributed by atoms with Crippen LogP contribution in [0.3, 0.4) is 0 Å². The van der Waals surface area contributed by atoms with Gasteiger partial charge < -0.3 is 14.2 Å². The van der Waals surface area contributed by atoms with Gasteiger partial charge in [0.1, 0.15) is 13.2 Å². The Balaban J connectivity index is 4.31. The molecule has 1 atom stereocenters. The van der Waals surface area contributed by atoms with E-state index in [0.717, 1.165) is 64.2 Å². The van der Waals surface area contributed by atoms with E-state index >= 15 is 0 Å². The molecule has 0 aromatic carbocycles. The highest BCUT2D eigenvalue weighted by atomic mass is 16.6. The van der Waals surface area contributed by atoms with E-state index < -0.39 is 6.10 Å². The molecule has 1 unspecified atom stereocenters. The number of carbonyl (C=O) groups is 3. The van der Waals surface area contributed by atoms with Crippen LogP contribution in [0, 0.1) is 0 Å². The van der Waals surface area contributed by atoms with Crippen LogP contribution in [0.25, 0.3) is 0 Å². The first kappa shape index (κ1) is 47.1. The molecule has 49 heavy (non-hydrogen) atoms. The maximum Gasteiger partial charge on any atom is 0.306 e. The fraction of sp³-hybridized carbons (Fsp3) is 0.884. The van der Waals surface area contributed by atoms with Gasteiger partial charge in [0.05, 0.1) is 0 Å². The van der Waals surface area contributed by atoms with Crippen LogP contribution in [0.2, 0.25) is 0 Å². The summed E-state index contributed by atoms with van der Waals surface area (Å²) in [4.78, 5) is 37.4. The molecule has 0 aromatic rings. The molecule has 0 aliphatic rings. The first-order valence-electron chi connectivity index (χ1n) is 21.2. The SMILES string of the molecule is CCCCCCC/C=C\CCCCCCCC(=O)OCC(COC(=O)CCCCCCCCCC)OC(=O)CCCCCCCCCCC. The number of carbonyl (C=O) groups excluding carboxylic acids is 3. The van der Waals surface area contributed by atoms with Crippen molar-refractivity contribution in [2.24, 2.45) is 0 Å². The summed E-state index contributed by atoms with van der Waals surface area (Å²) in [7, 11) is 0. The average Bonchev–Trinajstić information content (AvgIpc) is 3.10. The maximum atomic E-state index is 12.6. The number of hydrogen-bond donors (Lipinski definition) is 0. The zero-order valence-electron chi connectivity index (χ0n) is 32.7. The highest BCUT2D eigenvalue weighted by Crippen LogP contribution is 2.14. The summed E-state index contributed by atoms with van der Waals surface area (Å²) >= 11 is 0. The van der Waals surface area contributed by atoms with Gasteiger partial charge in [0.15, 0.2) is 6.10 Å². The van der Waals surface area contributed by atoms with E-state index in [1.165, 1.54) is 122 Å². The van der Waals surface area contributed by atoms with Crippen LogP contribution in [-0.2, 0) is 28.6 Å². The summed E-state index contributed by atoms with van der Waals surface area (Å²) in [5.74, 6) is -0.882. The normalized spacial score (nSPS) is 12.0. The van der Waals surface area contributed by atoms with E-state index in [-0.39, 0.29) is 31.1 Å². The summed E-state index contributed by atoms with van der Waals surface area (Å²) in [6.45, 7) is 6.57. The van der Waals surface area contributed by atoms with Gasteiger partial charge in [0.2, 0.25) is 0 Å². The topological polar surface area (TPSA) is 78.9 Å². The predicted molar refractivity (Wildman–Crippen MR) is 206 cm³/mol. The largest absolute Gasteiger partial charge is 0.462 e. The van der Waals surface area contributed by atoms with E-state index in [9.17, 15) is 14.4 Å². The Morgan fingerprint density at radius 2 is 0.673 bits per heavy atom. The molecule has 6 heteroatoms. The lowest BCUT2D eigenvalue weighted by Gasteiger charge is -2.18. The zero-order chi connectivity index (χ0) is 35.9. The number of hydrogen-bond acceptors (Lipinski definition) is 6. The Morgan fingerprint density at radius 3 is 1.02 bits per heavy atom. The fourth-order valence-corrected chi connectivity index (χ4v) is 6.02. The number of ether oxygens (including phenoxy) is 3.